The Labute approximate surface area is 96.7 Å². The molecule has 1 atom stereocenters. The number of carbonyl (C=O) groups is 1. The highest BCUT2D eigenvalue weighted by Crippen LogP contribution is 2.17. The van der Waals surface area contributed by atoms with Gasteiger partial charge in [-0.3, -0.25) is 4.79 Å². The van der Waals surface area contributed by atoms with Crippen LogP contribution in [0.4, 0.5) is 0 Å². The van der Waals surface area contributed by atoms with E-state index in [0.29, 0.717) is 12.6 Å². The average Bonchev–Trinajstić information content (AvgIpc) is 2.26. The molecule has 3 nitrogen and oxygen atoms in total. The molecule has 1 N–H and O–H groups in total. The van der Waals surface area contributed by atoms with Gasteiger partial charge in [0.05, 0.1) is 5.92 Å². The van der Waals surface area contributed by atoms with E-state index < -0.39 is 11.9 Å². The zero-order chi connectivity index (χ0) is 12.1. The molecule has 88 valence electrons. The molecule has 0 saturated heterocycles. The fourth-order valence-electron chi connectivity index (χ4n) is 1.51. The van der Waals surface area contributed by atoms with E-state index in [0.717, 1.165) is 5.56 Å². The summed E-state index contributed by atoms with van der Waals surface area (Å²) in [6, 6.07) is 9.74. The second kappa shape index (κ2) is 5.66. The number of rotatable bonds is 5. The van der Waals surface area contributed by atoms with Gasteiger partial charge in [-0.2, -0.15) is 0 Å². The molecule has 0 radical (unpaired) electrons. The first-order valence-electron chi connectivity index (χ1n) is 5.50. The van der Waals surface area contributed by atoms with Crippen LogP contribution in [-0.2, 0) is 4.79 Å². The Balaban J connectivity index is 2.81. The molecule has 0 aliphatic heterocycles. The topological polar surface area (TPSA) is 40.5 Å². The first-order valence-corrected chi connectivity index (χ1v) is 5.50. The van der Waals surface area contributed by atoms with Crippen LogP contribution >= 0.6 is 0 Å². The maximum absolute atomic E-state index is 11.2. The molecule has 16 heavy (non-hydrogen) atoms. The van der Waals surface area contributed by atoms with Crippen LogP contribution in [0, 0.1) is 0 Å². The minimum absolute atomic E-state index is 0.352. The van der Waals surface area contributed by atoms with Gasteiger partial charge in [-0.1, -0.05) is 30.3 Å². The fourth-order valence-corrected chi connectivity index (χ4v) is 1.51. The molecule has 0 fully saturated rings. The van der Waals surface area contributed by atoms with Crippen LogP contribution in [0.25, 0.3) is 0 Å². The number of carboxylic acid groups (broad SMARTS) is 1. The summed E-state index contributed by atoms with van der Waals surface area (Å²) in [7, 11) is 1.95. The normalized spacial score (nSPS) is 13.1. The fraction of sp³-hybridized carbons (Fsp3) is 0.462. The van der Waals surface area contributed by atoms with Crippen molar-refractivity contribution in [3.05, 3.63) is 35.9 Å². The van der Waals surface area contributed by atoms with Crippen molar-refractivity contribution in [2.24, 2.45) is 0 Å². The lowest BCUT2D eigenvalue weighted by molar-refractivity contribution is -0.139. The lowest BCUT2D eigenvalue weighted by atomic mass is 9.98. The monoisotopic (exact) mass is 221 g/mol. The van der Waals surface area contributed by atoms with Crippen LogP contribution in [0.15, 0.2) is 30.3 Å². The van der Waals surface area contributed by atoms with E-state index in [2.05, 4.69) is 13.8 Å². The molecular weight excluding hydrogens is 202 g/mol. The lowest BCUT2D eigenvalue weighted by Gasteiger charge is -2.24. The molecule has 0 spiro atoms. The number of hydrogen-bond acceptors (Lipinski definition) is 2. The number of likely N-dealkylation sites (N-methyl/N-ethyl adjacent to an activating group) is 1. The third kappa shape index (κ3) is 3.35. The van der Waals surface area contributed by atoms with Gasteiger partial charge in [0.15, 0.2) is 0 Å². The first-order chi connectivity index (χ1) is 7.52. The van der Waals surface area contributed by atoms with Gasteiger partial charge in [-0.15, -0.1) is 0 Å². The van der Waals surface area contributed by atoms with Crippen molar-refractivity contribution < 1.29 is 9.90 Å². The number of hydrogen-bond donors (Lipinski definition) is 1. The summed E-state index contributed by atoms with van der Waals surface area (Å²) in [5.41, 5.74) is 0.863. The Morgan fingerprint density at radius 2 is 1.88 bits per heavy atom. The van der Waals surface area contributed by atoms with E-state index in [1.807, 2.05) is 42.3 Å². The van der Waals surface area contributed by atoms with E-state index in [1.54, 1.807) is 0 Å². The Kier molecular flexibility index (Phi) is 4.50. The molecule has 1 unspecified atom stereocenters. The Morgan fingerprint density at radius 3 is 2.31 bits per heavy atom. The van der Waals surface area contributed by atoms with Gasteiger partial charge in [-0.25, -0.2) is 0 Å². The first kappa shape index (κ1) is 12.7. The lowest BCUT2D eigenvalue weighted by Crippen LogP contribution is -2.33. The molecule has 3 heteroatoms. The second-order valence-corrected chi connectivity index (χ2v) is 4.33. The molecule has 1 aromatic carbocycles. The van der Waals surface area contributed by atoms with Crippen LogP contribution in [0.5, 0.6) is 0 Å². The van der Waals surface area contributed by atoms with E-state index in [1.165, 1.54) is 0 Å². The maximum Gasteiger partial charge on any atom is 0.312 e. The maximum atomic E-state index is 11.2. The molecular formula is C13H19NO2. The highest BCUT2D eigenvalue weighted by molar-refractivity contribution is 5.76. The average molecular weight is 221 g/mol. The summed E-state index contributed by atoms with van der Waals surface area (Å²) >= 11 is 0. The minimum Gasteiger partial charge on any atom is -0.481 e. The molecule has 0 aliphatic rings. The summed E-state index contributed by atoms with van der Waals surface area (Å²) in [5.74, 6) is -1.22. The second-order valence-electron chi connectivity index (χ2n) is 4.33. The quantitative estimate of drug-likeness (QED) is 0.828. The number of nitrogens with zero attached hydrogens (tertiary/aromatic N) is 1. The SMILES string of the molecule is CC(C)N(C)CC(C(=O)O)c1ccccc1. The van der Waals surface area contributed by atoms with Crippen LogP contribution < -0.4 is 0 Å². The summed E-state index contributed by atoms with van der Waals surface area (Å²) in [5, 5.41) is 9.23. The minimum atomic E-state index is -0.765. The van der Waals surface area contributed by atoms with Crippen LogP contribution in [0.1, 0.15) is 25.3 Å². The van der Waals surface area contributed by atoms with E-state index in [9.17, 15) is 9.90 Å². The Morgan fingerprint density at radius 1 is 1.31 bits per heavy atom. The molecule has 0 bridgehead atoms. The highest BCUT2D eigenvalue weighted by atomic mass is 16.4. The van der Waals surface area contributed by atoms with Crippen molar-refractivity contribution in [1.82, 2.24) is 4.90 Å². The molecule has 0 aromatic heterocycles. The van der Waals surface area contributed by atoms with Crippen molar-refractivity contribution in [3.63, 3.8) is 0 Å². The van der Waals surface area contributed by atoms with Gasteiger partial charge in [0.1, 0.15) is 0 Å². The molecule has 1 aromatic rings. The summed E-state index contributed by atoms with van der Waals surface area (Å²) < 4.78 is 0. The smallest absolute Gasteiger partial charge is 0.312 e. The standard InChI is InChI=1S/C13H19NO2/c1-10(2)14(3)9-12(13(15)16)11-7-5-4-6-8-11/h4-8,10,12H,9H2,1-3H3,(H,15,16). The van der Waals surface area contributed by atoms with Gasteiger partial charge in [0.2, 0.25) is 0 Å². The number of aliphatic carboxylic acids is 1. The van der Waals surface area contributed by atoms with Gasteiger partial charge in [-0.05, 0) is 26.5 Å². The summed E-state index contributed by atoms with van der Waals surface area (Å²) in [4.78, 5) is 13.3. The van der Waals surface area contributed by atoms with Crippen molar-refractivity contribution in [1.29, 1.82) is 0 Å². The van der Waals surface area contributed by atoms with E-state index >= 15 is 0 Å². The van der Waals surface area contributed by atoms with Gasteiger partial charge in [0, 0.05) is 12.6 Å². The number of benzene rings is 1. The number of carboxylic acids is 1. The third-order valence-corrected chi connectivity index (χ3v) is 2.85. The van der Waals surface area contributed by atoms with Crippen molar-refractivity contribution in [2.75, 3.05) is 13.6 Å². The molecule has 0 heterocycles. The van der Waals surface area contributed by atoms with Crippen LogP contribution in [-0.4, -0.2) is 35.6 Å². The van der Waals surface area contributed by atoms with Crippen molar-refractivity contribution in [2.45, 2.75) is 25.8 Å². The third-order valence-electron chi connectivity index (χ3n) is 2.85. The molecule has 0 aliphatic carbocycles. The van der Waals surface area contributed by atoms with Crippen LogP contribution in [0.2, 0.25) is 0 Å². The highest BCUT2D eigenvalue weighted by Gasteiger charge is 2.22. The summed E-state index contributed by atoms with van der Waals surface area (Å²) in [6.45, 7) is 4.66. The van der Waals surface area contributed by atoms with Crippen LogP contribution in [0.3, 0.4) is 0 Å². The zero-order valence-corrected chi connectivity index (χ0v) is 10.1. The van der Waals surface area contributed by atoms with Crippen molar-refractivity contribution in [3.8, 4) is 0 Å². The molecule has 1 rings (SSSR count). The van der Waals surface area contributed by atoms with Gasteiger partial charge >= 0.3 is 5.97 Å². The Bertz CT molecular complexity index is 335. The van der Waals surface area contributed by atoms with Crippen molar-refractivity contribution >= 4 is 5.97 Å². The largest absolute Gasteiger partial charge is 0.481 e. The van der Waals surface area contributed by atoms with Gasteiger partial charge in [0.25, 0.3) is 0 Å². The predicted octanol–water partition coefficient (Wildman–Crippen LogP) is 2.20. The van der Waals surface area contributed by atoms with E-state index in [4.69, 9.17) is 0 Å². The summed E-state index contributed by atoms with van der Waals surface area (Å²) in [6.07, 6.45) is 0. The van der Waals surface area contributed by atoms with Gasteiger partial charge < -0.3 is 10.0 Å². The molecule has 0 amide bonds. The van der Waals surface area contributed by atoms with E-state index in [-0.39, 0.29) is 0 Å². The zero-order valence-electron chi connectivity index (χ0n) is 10.1. The predicted molar refractivity (Wildman–Crippen MR) is 64.6 cm³/mol. The molecule has 0 saturated carbocycles. The Hall–Kier alpha value is -1.35.